The lowest BCUT2D eigenvalue weighted by molar-refractivity contribution is 0.294. The molecular formula is C8H11NO2. The van der Waals surface area contributed by atoms with Crippen LogP contribution in [0.5, 0.6) is 0 Å². The van der Waals surface area contributed by atoms with Crippen LogP contribution in [0.2, 0.25) is 0 Å². The predicted molar refractivity (Wildman–Crippen MR) is 42.7 cm³/mol. The molecule has 0 radical (unpaired) electrons. The van der Waals surface area contributed by atoms with Crippen LogP contribution in [0, 0.1) is 0 Å². The van der Waals surface area contributed by atoms with Gasteiger partial charge in [-0.05, 0) is 12.2 Å². The highest BCUT2D eigenvalue weighted by Gasteiger charge is 2.10. The van der Waals surface area contributed by atoms with E-state index in [1.54, 1.807) is 19.3 Å². The molecule has 1 rings (SSSR count). The SMILES string of the molecule is COC1=CC=C(N)C/C1=C\O. The highest BCUT2D eigenvalue weighted by Crippen LogP contribution is 2.21. The lowest BCUT2D eigenvalue weighted by atomic mass is 10.0. The van der Waals surface area contributed by atoms with E-state index in [1.807, 2.05) is 0 Å². The number of aliphatic hydroxyl groups excluding tert-OH is 1. The number of nitrogens with two attached hydrogens (primary N) is 1. The van der Waals surface area contributed by atoms with Crippen molar-refractivity contribution in [2.75, 3.05) is 7.11 Å². The molecule has 11 heavy (non-hydrogen) atoms. The van der Waals surface area contributed by atoms with Crippen LogP contribution in [-0.2, 0) is 4.74 Å². The minimum Gasteiger partial charge on any atom is -0.515 e. The van der Waals surface area contributed by atoms with Gasteiger partial charge in [-0.15, -0.1) is 0 Å². The summed E-state index contributed by atoms with van der Waals surface area (Å²) in [6.07, 6.45) is 5.08. The van der Waals surface area contributed by atoms with Crippen molar-refractivity contribution < 1.29 is 9.84 Å². The molecule has 0 aromatic heterocycles. The van der Waals surface area contributed by atoms with Gasteiger partial charge in [0.1, 0.15) is 5.76 Å². The van der Waals surface area contributed by atoms with Crippen molar-refractivity contribution in [2.24, 2.45) is 5.73 Å². The van der Waals surface area contributed by atoms with Crippen LogP contribution >= 0.6 is 0 Å². The zero-order chi connectivity index (χ0) is 8.27. The third-order valence-corrected chi connectivity index (χ3v) is 1.54. The quantitative estimate of drug-likeness (QED) is 0.556. The maximum atomic E-state index is 8.74. The summed E-state index contributed by atoms with van der Waals surface area (Å²) in [5.74, 6) is 0.668. The van der Waals surface area contributed by atoms with E-state index < -0.39 is 0 Å². The van der Waals surface area contributed by atoms with Crippen molar-refractivity contribution in [2.45, 2.75) is 6.42 Å². The molecule has 0 atom stereocenters. The van der Waals surface area contributed by atoms with Gasteiger partial charge in [0, 0.05) is 17.7 Å². The molecule has 3 nitrogen and oxygen atoms in total. The summed E-state index contributed by atoms with van der Waals surface area (Å²) >= 11 is 0. The molecule has 60 valence electrons. The summed E-state index contributed by atoms with van der Waals surface area (Å²) in [6.45, 7) is 0. The van der Waals surface area contributed by atoms with E-state index in [0.29, 0.717) is 17.8 Å². The average Bonchev–Trinajstić information content (AvgIpc) is 2.04. The molecule has 3 N–H and O–H groups in total. The second-order valence-electron chi connectivity index (χ2n) is 2.31. The highest BCUT2D eigenvalue weighted by molar-refractivity contribution is 5.36. The summed E-state index contributed by atoms with van der Waals surface area (Å²) in [4.78, 5) is 0. The van der Waals surface area contributed by atoms with Crippen molar-refractivity contribution in [1.29, 1.82) is 0 Å². The molecule has 1 aliphatic rings. The summed E-state index contributed by atoms with van der Waals surface area (Å²) in [6, 6.07) is 0. The molecule has 0 heterocycles. The molecule has 0 spiro atoms. The predicted octanol–water partition coefficient (Wildman–Crippen LogP) is 1.20. The number of hydrogen-bond acceptors (Lipinski definition) is 3. The van der Waals surface area contributed by atoms with Gasteiger partial charge >= 0.3 is 0 Å². The number of allylic oxidation sites excluding steroid dienone is 4. The fourth-order valence-electron chi connectivity index (χ4n) is 0.964. The lowest BCUT2D eigenvalue weighted by Crippen LogP contribution is -2.05. The van der Waals surface area contributed by atoms with Crippen LogP contribution in [0.25, 0.3) is 0 Å². The number of rotatable bonds is 1. The van der Waals surface area contributed by atoms with Gasteiger partial charge in [-0.1, -0.05) is 0 Å². The fraction of sp³-hybridized carbons (Fsp3) is 0.250. The summed E-state index contributed by atoms with van der Waals surface area (Å²) < 4.78 is 4.98. The topological polar surface area (TPSA) is 55.5 Å². The molecule has 0 amide bonds. The van der Waals surface area contributed by atoms with Gasteiger partial charge < -0.3 is 15.6 Å². The van der Waals surface area contributed by atoms with Crippen LogP contribution in [0.15, 0.2) is 35.4 Å². The van der Waals surface area contributed by atoms with Gasteiger partial charge in [0.25, 0.3) is 0 Å². The molecule has 0 unspecified atom stereocenters. The fourth-order valence-corrected chi connectivity index (χ4v) is 0.964. The van der Waals surface area contributed by atoms with E-state index in [1.165, 1.54) is 0 Å². The standard InChI is InChI=1S/C8H11NO2/c1-11-8-3-2-7(9)4-6(8)5-10/h2-3,5,10H,4,9H2,1H3/b6-5+. The Hall–Kier alpha value is -1.38. The van der Waals surface area contributed by atoms with Gasteiger partial charge in [-0.3, -0.25) is 0 Å². The third-order valence-electron chi connectivity index (χ3n) is 1.54. The van der Waals surface area contributed by atoms with E-state index in [4.69, 9.17) is 15.6 Å². The zero-order valence-corrected chi connectivity index (χ0v) is 6.37. The summed E-state index contributed by atoms with van der Waals surface area (Å²) in [5.41, 5.74) is 6.97. The number of methoxy groups -OCH3 is 1. The zero-order valence-electron chi connectivity index (χ0n) is 6.37. The maximum Gasteiger partial charge on any atom is 0.125 e. The normalized spacial score (nSPS) is 21.0. The average molecular weight is 153 g/mol. The molecule has 0 saturated heterocycles. The minimum atomic E-state index is 0.552. The van der Waals surface area contributed by atoms with Gasteiger partial charge in [0.2, 0.25) is 0 Å². The molecular weight excluding hydrogens is 142 g/mol. The molecule has 0 aliphatic heterocycles. The maximum absolute atomic E-state index is 8.74. The Balaban J connectivity index is 2.89. The smallest absolute Gasteiger partial charge is 0.125 e. The lowest BCUT2D eigenvalue weighted by Gasteiger charge is -2.13. The molecule has 0 aromatic carbocycles. The van der Waals surface area contributed by atoms with Crippen LogP contribution in [0.1, 0.15) is 6.42 Å². The van der Waals surface area contributed by atoms with Crippen molar-refractivity contribution in [3.8, 4) is 0 Å². The van der Waals surface area contributed by atoms with Crippen molar-refractivity contribution in [3.63, 3.8) is 0 Å². The van der Waals surface area contributed by atoms with Crippen molar-refractivity contribution >= 4 is 0 Å². The Bertz CT molecular complexity index is 238. The second kappa shape index (κ2) is 3.14. The first-order valence-electron chi connectivity index (χ1n) is 3.32. The van der Waals surface area contributed by atoms with E-state index in [0.717, 1.165) is 12.0 Å². The van der Waals surface area contributed by atoms with Crippen molar-refractivity contribution in [1.82, 2.24) is 0 Å². The Labute approximate surface area is 65.5 Å². The monoisotopic (exact) mass is 153 g/mol. The summed E-state index contributed by atoms with van der Waals surface area (Å²) in [5, 5.41) is 8.74. The first-order chi connectivity index (χ1) is 5.27. The highest BCUT2D eigenvalue weighted by atomic mass is 16.5. The second-order valence-corrected chi connectivity index (χ2v) is 2.31. The van der Waals surface area contributed by atoms with E-state index in [-0.39, 0.29) is 0 Å². The molecule has 0 bridgehead atoms. The summed E-state index contributed by atoms with van der Waals surface area (Å²) in [7, 11) is 1.56. The van der Waals surface area contributed by atoms with E-state index in [9.17, 15) is 0 Å². The number of aliphatic hydroxyl groups is 1. The molecule has 1 aliphatic carbocycles. The first-order valence-corrected chi connectivity index (χ1v) is 3.32. The minimum absolute atomic E-state index is 0.552. The molecule has 3 heteroatoms. The Morgan fingerprint density at radius 1 is 1.64 bits per heavy atom. The number of ether oxygens (including phenoxy) is 1. The van der Waals surface area contributed by atoms with Gasteiger partial charge in [0.05, 0.1) is 13.4 Å². The third kappa shape index (κ3) is 1.55. The van der Waals surface area contributed by atoms with Crippen LogP contribution < -0.4 is 5.73 Å². The van der Waals surface area contributed by atoms with Crippen molar-refractivity contribution in [3.05, 3.63) is 35.4 Å². The molecule has 0 saturated carbocycles. The van der Waals surface area contributed by atoms with Gasteiger partial charge in [0.15, 0.2) is 0 Å². The Morgan fingerprint density at radius 2 is 2.36 bits per heavy atom. The van der Waals surface area contributed by atoms with Crippen LogP contribution in [-0.4, -0.2) is 12.2 Å². The van der Waals surface area contributed by atoms with Gasteiger partial charge in [-0.25, -0.2) is 0 Å². The van der Waals surface area contributed by atoms with Crippen LogP contribution in [0.4, 0.5) is 0 Å². The van der Waals surface area contributed by atoms with E-state index in [2.05, 4.69) is 0 Å². The Morgan fingerprint density at radius 3 is 2.91 bits per heavy atom. The largest absolute Gasteiger partial charge is 0.515 e. The van der Waals surface area contributed by atoms with E-state index >= 15 is 0 Å². The van der Waals surface area contributed by atoms with Crippen LogP contribution in [0.3, 0.4) is 0 Å². The Kier molecular flexibility index (Phi) is 2.21. The number of hydrogen-bond donors (Lipinski definition) is 2. The van der Waals surface area contributed by atoms with Gasteiger partial charge in [-0.2, -0.15) is 0 Å². The molecule has 0 fully saturated rings. The first kappa shape index (κ1) is 7.72. The molecule has 0 aromatic rings.